The van der Waals surface area contributed by atoms with Gasteiger partial charge in [-0.3, -0.25) is 4.98 Å². The third kappa shape index (κ3) is 4.36. The highest BCUT2D eigenvalue weighted by molar-refractivity contribution is 6.39. The van der Waals surface area contributed by atoms with Gasteiger partial charge in [-0.15, -0.1) is 0 Å². The zero-order chi connectivity index (χ0) is 27.8. The molecule has 1 aromatic carbocycles. The van der Waals surface area contributed by atoms with Crippen molar-refractivity contribution in [3.05, 3.63) is 75.2 Å². The largest absolute Gasteiger partial charge is 0.416 e. The van der Waals surface area contributed by atoms with Crippen LogP contribution in [0.15, 0.2) is 47.3 Å². The lowest BCUT2D eigenvalue weighted by Crippen LogP contribution is -2.42. The second-order valence-corrected chi connectivity index (χ2v) is 12.1. The van der Waals surface area contributed by atoms with E-state index in [1.807, 2.05) is 12.1 Å². The molecule has 40 heavy (non-hydrogen) atoms. The molecule has 1 saturated heterocycles. The van der Waals surface area contributed by atoms with Crippen LogP contribution < -0.4 is 4.90 Å². The molecule has 0 atom stereocenters. The van der Waals surface area contributed by atoms with E-state index < -0.39 is 11.7 Å². The van der Waals surface area contributed by atoms with Crippen molar-refractivity contribution < 1.29 is 17.7 Å². The summed E-state index contributed by atoms with van der Waals surface area (Å²) >= 11 is 13.0. The predicted octanol–water partition coefficient (Wildman–Crippen LogP) is 8.87. The van der Waals surface area contributed by atoms with Crippen LogP contribution in [0.25, 0.3) is 27.7 Å². The highest BCUT2D eigenvalue weighted by Crippen LogP contribution is 2.56. The van der Waals surface area contributed by atoms with Gasteiger partial charge in [0.25, 0.3) is 0 Å². The van der Waals surface area contributed by atoms with Crippen molar-refractivity contribution >= 4 is 45.5 Å². The van der Waals surface area contributed by atoms with E-state index in [4.69, 9.17) is 27.7 Å². The van der Waals surface area contributed by atoms with Crippen LogP contribution in [0.3, 0.4) is 0 Å². The molecule has 7 rings (SSSR count). The maximum atomic E-state index is 13.4. The van der Waals surface area contributed by atoms with Gasteiger partial charge >= 0.3 is 6.18 Å². The molecule has 10 heteroatoms. The monoisotopic (exact) mass is 584 g/mol. The van der Waals surface area contributed by atoms with Gasteiger partial charge in [0, 0.05) is 47.9 Å². The first kappa shape index (κ1) is 25.8. The van der Waals surface area contributed by atoms with Crippen molar-refractivity contribution in [2.45, 2.75) is 51.1 Å². The maximum Gasteiger partial charge on any atom is 0.416 e. The molecule has 1 spiro atoms. The number of rotatable bonds is 4. The first-order valence-corrected chi connectivity index (χ1v) is 14.1. The second-order valence-electron chi connectivity index (χ2n) is 11.2. The van der Waals surface area contributed by atoms with Gasteiger partial charge < -0.3 is 9.42 Å². The van der Waals surface area contributed by atoms with Crippen LogP contribution >= 0.6 is 23.2 Å². The first-order valence-electron chi connectivity index (χ1n) is 13.4. The van der Waals surface area contributed by atoms with Crippen molar-refractivity contribution in [1.82, 2.24) is 15.1 Å². The van der Waals surface area contributed by atoms with Gasteiger partial charge in [-0.1, -0.05) is 34.4 Å². The molecule has 4 aromatic rings. The van der Waals surface area contributed by atoms with E-state index >= 15 is 0 Å². The molecule has 0 radical (unpaired) electrons. The van der Waals surface area contributed by atoms with E-state index in [9.17, 15) is 13.2 Å². The van der Waals surface area contributed by atoms with Crippen molar-refractivity contribution in [2.75, 3.05) is 18.0 Å². The standard InChI is InChI=1S/C30H25Cl2F3N4O/c1-16-10-19(30(33,34)35)11-23-20(16)4-5-24(37-23)39-8-6-29(7-9-39)12-18(13-29)25-27(38-40-28(25)17-2-3-17)26-21(31)14-36-15-22(26)32/h4-5,10-12,14-15,17H,2-3,6-9,13H2,1H3. The normalized spacial score (nSPS) is 18.8. The fourth-order valence-corrected chi connectivity index (χ4v) is 6.72. The lowest BCUT2D eigenvalue weighted by molar-refractivity contribution is -0.137. The minimum Gasteiger partial charge on any atom is -0.360 e. The van der Waals surface area contributed by atoms with Crippen LogP contribution in [0.2, 0.25) is 10.0 Å². The van der Waals surface area contributed by atoms with E-state index in [0.29, 0.717) is 44.1 Å². The number of anilines is 1. The lowest BCUT2D eigenvalue weighted by Gasteiger charge is -2.46. The van der Waals surface area contributed by atoms with Crippen LogP contribution in [0.5, 0.6) is 0 Å². The molecule has 0 N–H and O–H groups in total. The molecule has 5 nitrogen and oxygen atoms in total. The summed E-state index contributed by atoms with van der Waals surface area (Å²) in [6.45, 7) is 3.23. The summed E-state index contributed by atoms with van der Waals surface area (Å²) in [5.74, 6) is 1.99. The number of aromatic nitrogens is 3. The molecule has 206 valence electrons. The summed E-state index contributed by atoms with van der Waals surface area (Å²) < 4.78 is 46.0. The summed E-state index contributed by atoms with van der Waals surface area (Å²) in [4.78, 5) is 10.9. The molecule has 1 saturated carbocycles. The average Bonchev–Trinajstić information content (AvgIpc) is 3.66. The number of aryl methyl sites for hydroxylation is 1. The number of hydrogen-bond acceptors (Lipinski definition) is 5. The van der Waals surface area contributed by atoms with Crippen molar-refractivity contribution in [1.29, 1.82) is 0 Å². The van der Waals surface area contributed by atoms with Gasteiger partial charge in [0.05, 0.1) is 21.1 Å². The smallest absolute Gasteiger partial charge is 0.360 e. The van der Waals surface area contributed by atoms with E-state index in [1.54, 1.807) is 19.3 Å². The number of halogens is 5. The molecule has 0 unspecified atom stereocenters. The molecular weight excluding hydrogens is 560 g/mol. The van der Waals surface area contributed by atoms with Crippen molar-refractivity contribution in [2.24, 2.45) is 5.41 Å². The number of benzene rings is 1. The van der Waals surface area contributed by atoms with Gasteiger partial charge in [-0.25, -0.2) is 4.98 Å². The Morgan fingerprint density at radius 2 is 1.73 bits per heavy atom. The summed E-state index contributed by atoms with van der Waals surface area (Å²) in [6, 6.07) is 6.12. The molecule has 3 aliphatic rings. The maximum absolute atomic E-state index is 13.4. The molecule has 2 aliphatic carbocycles. The zero-order valence-corrected chi connectivity index (χ0v) is 23.2. The summed E-state index contributed by atoms with van der Waals surface area (Å²) in [7, 11) is 0. The molecule has 0 amide bonds. The van der Waals surface area contributed by atoms with E-state index in [-0.39, 0.29) is 5.41 Å². The Balaban J connectivity index is 1.14. The Bertz CT molecular complexity index is 1660. The number of pyridine rings is 2. The molecule has 1 aliphatic heterocycles. The van der Waals surface area contributed by atoms with Gasteiger partial charge in [0.15, 0.2) is 0 Å². The fourth-order valence-electron chi connectivity index (χ4n) is 6.18. The first-order chi connectivity index (χ1) is 19.1. The molecule has 4 heterocycles. The molecular formula is C30H25Cl2F3N4O. The van der Waals surface area contributed by atoms with Crippen LogP contribution in [0, 0.1) is 12.3 Å². The minimum atomic E-state index is -4.40. The third-order valence-electron chi connectivity index (χ3n) is 8.51. The quantitative estimate of drug-likeness (QED) is 0.240. The van der Waals surface area contributed by atoms with Crippen LogP contribution in [-0.2, 0) is 6.18 Å². The fraction of sp³-hybridized carbons (Fsp3) is 0.367. The van der Waals surface area contributed by atoms with Crippen LogP contribution in [0.1, 0.15) is 60.5 Å². The Hall–Kier alpha value is -3.10. The van der Waals surface area contributed by atoms with E-state index in [1.165, 1.54) is 11.6 Å². The number of hydrogen-bond donors (Lipinski definition) is 0. The van der Waals surface area contributed by atoms with E-state index in [2.05, 4.69) is 26.1 Å². The SMILES string of the molecule is Cc1cc(C(F)(F)F)cc2nc(N3CCC4(C=C(c5c(-c6c(Cl)cncc6Cl)noc5C5CC5)C4)CC3)ccc12. The van der Waals surface area contributed by atoms with Gasteiger partial charge in [0.2, 0.25) is 0 Å². The molecule has 2 fully saturated rings. The predicted molar refractivity (Wildman–Crippen MR) is 150 cm³/mol. The molecule has 0 bridgehead atoms. The minimum absolute atomic E-state index is 0.0594. The Labute approximate surface area is 239 Å². The highest BCUT2D eigenvalue weighted by Gasteiger charge is 2.44. The summed E-state index contributed by atoms with van der Waals surface area (Å²) in [6.07, 6.45) is 5.98. The summed E-state index contributed by atoms with van der Waals surface area (Å²) in [5.41, 5.74) is 3.87. The number of fused-ring (bicyclic) bond motifs is 1. The topological polar surface area (TPSA) is 55.1 Å². The highest BCUT2D eigenvalue weighted by atomic mass is 35.5. The number of nitrogens with zero attached hydrogens (tertiary/aromatic N) is 4. The number of alkyl halides is 3. The van der Waals surface area contributed by atoms with Gasteiger partial charge in [-0.05, 0) is 79.8 Å². The Morgan fingerprint density at radius 1 is 1.02 bits per heavy atom. The van der Waals surface area contributed by atoms with Gasteiger partial charge in [-0.2, -0.15) is 13.2 Å². The third-order valence-corrected chi connectivity index (χ3v) is 9.08. The average molecular weight is 585 g/mol. The van der Waals surface area contributed by atoms with Gasteiger partial charge in [0.1, 0.15) is 17.3 Å². The second kappa shape index (κ2) is 9.21. The van der Waals surface area contributed by atoms with Crippen LogP contribution in [0.4, 0.5) is 19.0 Å². The van der Waals surface area contributed by atoms with Crippen molar-refractivity contribution in [3.63, 3.8) is 0 Å². The Kier molecular flexibility index (Phi) is 5.95. The Morgan fingerprint density at radius 3 is 2.38 bits per heavy atom. The zero-order valence-electron chi connectivity index (χ0n) is 21.7. The van der Waals surface area contributed by atoms with Crippen LogP contribution in [-0.4, -0.2) is 28.2 Å². The lowest BCUT2D eigenvalue weighted by atomic mass is 9.63. The van der Waals surface area contributed by atoms with Crippen molar-refractivity contribution in [3.8, 4) is 11.3 Å². The molecule has 3 aromatic heterocycles. The summed E-state index contributed by atoms with van der Waals surface area (Å²) in [5, 5.41) is 6.02. The number of allylic oxidation sites excluding steroid dienone is 2. The number of piperidine rings is 1. The van der Waals surface area contributed by atoms with E-state index in [0.717, 1.165) is 68.0 Å².